The SMILES string of the molecule is COC(=O)c1ccc(CCNC(=O)[C@H](CC(F)F)NC(=O)[C@@H]2[C@@H]3[C@H](CN2C(=O)[C@@H](NC(=O)N[C@H](CN(C)S(C)(=O)=O)C(C)(C)C)C(C)(C)C)C3(C)C)c(Cl)c1. The summed E-state index contributed by atoms with van der Waals surface area (Å²) < 4.78 is 57.6. The molecule has 2 aliphatic rings. The Hall–Kier alpha value is -3.57. The molecular formula is C37H57ClF2N6O8S. The van der Waals surface area contributed by atoms with E-state index in [1.807, 2.05) is 34.6 Å². The molecule has 0 spiro atoms. The van der Waals surface area contributed by atoms with Crippen molar-refractivity contribution in [3.63, 3.8) is 0 Å². The van der Waals surface area contributed by atoms with Crippen molar-refractivity contribution in [3.8, 4) is 0 Å². The number of sulfonamides is 1. The molecule has 2 fully saturated rings. The molecule has 310 valence electrons. The smallest absolute Gasteiger partial charge is 0.337 e. The minimum Gasteiger partial charge on any atom is -0.465 e. The molecule has 3 rings (SSSR count). The fourth-order valence-electron chi connectivity index (χ4n) is 6.99. The van der Waals surface area contributed by atoms with Crippen molar-refractivity contribution in [2.24, 2.45) is 28.1 Å². The van der Waals surface area contributed by atoms with E-state index < -0.39 is 87.6 Å². The second-order valence-corrected chi connectivity index (χ2v) is 19.8. The molecule has 0 bridgehead atoms. The van der Waals surface area contributed by atoms with Gasteiger partial charge in [0.15, 0.2) is 0 Å². The molecule has 18 heteroatoms. The second-order valence-electron chi connectivity index (χ2n) is 17.3. The number of hydrogen-bond donors (Lipinski definition) is 4. The van der Waals surface area contributed by atoms with E-state index in [1.165, 1.54) is 31.2 Å². The number of fused-ring (bicyclic) bond motifs is 1. The molecule has 1 heterocycles. The lowest BCUT2D eigenvalue weighted by molar-refractivity contribution is -0.144. The number of benzene rings is 1. The number of nitrogens with zero attached hydrogens (tertiary/aromatic N) is 2. The highest BCUT2D eigenvalue weighted by Crippen LogP contribution is 2.65. The summed E-state index contributed by atoms with van der Waals surface area (Å²) in [5, 5.41) is 10.9. The van der Waals surface area contributed by atoms with Gasteiger partial charge in [0.05, 0.1) is 18.9 Å². The molecule has 0 unspecified atom stereocenters. The van der Waals surface area contributed by atoms with E-state index >= 15 is 0 Å². The van der Waals surface area contributed by atoms with Crippen molar-refractivity contribution in [1.29, 1.82) is 0 Å². The Morgan fingerprint density at radius 1 is 1.04 bits per heavy atom. The summed E-state index contributed by atoms with van der Waals surface area (Å²) in [6.45, 7) is 14.8. The van der Waals surface area contributed by atoms with Gasteiger partial charge in [-0.25, -0.2) is 31.1 Å². The van der Waals surface area contributed by atoms with Crippen molar-refractivity contribution >= 4 is 51.3 Å². The van der Waals surface area contributed by atoms with Gasteiger partial charge in [-0.3, -0.25) is 14.4 Å². The lowest BCUT2D eigenvalue weighted by Gasteiger charge is -2.39. The standard InChI is InChI=1S/C37H57ClF2N6O8S/c1-35(2,3)25(19-45(9)55(11,52)53)43-34(51)44-29(36(4,5)6)32(49)46-18-22-27(37(22,7)8)28(46)31(48)42-24(17-26(39)40)30(47)41-15-14-20-12-13-21(16-23(20)38)33(50)54-10/h12-13,16,22,24-29H,14-15,17-19H2,1-11H3,(H,41,47)(H,42,48)(H2,43,44,51)/t22-,24-,25+,27-,28-,29+/m0/s1. The predicted molar refractivity (Wildman–Crippen MR) is 204 cm³/mol. The van der Waals surface area contributed by atoms with Crippen LogP contribution in [0.4, 0.5) is 13.6 Å². The normalized spacial score (nSPS) is 20.9. The van der Waals surface area contributed by atoms with Crippen LogP contribution in [0.25, 0.3) is 0 Å². The van der Waals surface area contributed by atoms with E-state index in [1.54, 1.807) is 26.8 Å². The Labute approximate surface area is 328 Å². The van der Waals surface area contributed by atoms with Crippen LogP contribution in [0.1, 0.15) is 77.7 Å². The Morgan fingerprint density at radius 2 is 1.65 bits per heavy atom. The Kier molecular flexibility index (Phi) is 14.4. The van der Waals surface area contributed by atoms with E-state index in [9.17, 15) is 41.2 Å². The second kappa shape index (κ2) is 17.3. The van der Waals surface area contributed by atoms with Gasteiger partial charge < -0.3 is 30.9 Å². The predicted octanol–water partition coefficient (Wildman–Crippen LogP) is 3.43. The van der Waals surface area contributed by atoms with Crippen molar-refractivity contribution in [2.45, 2.75) is 98.8 Å². The average Bonchev–Trinajstić information content (AvgIpc) is 3.35. The quantitative estimate of drug-likeness (QED) is 0.194. The topological polar surface area (TPSA) is 183 Å². The number of ether oxygens (including phenoxy) is 1. The zero-order valence-corrected chi connectivity index (χ0v) is 35.1. The number of methoxy groups -OCH3 is 1. The largest absolute Gasteiger partial charge is 0.465 e. The van der Waals surface area contributed by atoms with Gasteiger partial charge in [-0.05, 0) is 52.2 Å². The van der Waals surface area contributed by atoms with Crippen molar-refractivity contribution < 1.29 is 45.9 Å². The first-order valence-electron chi connectivity index (χ1n) is 18.1. The number of carbonyl (C=O) groups excluding carboxylic acids is 5. The molecule has 1 saturated carbocycles. The monoisotopic (exact) mass is 818 g/mol. The maximum absolute atomic E-state index is 14.4. The molecular weight excluding hydrogens is 762 g/mol. The molecule has 1 aromatic carbocycles. The fraction of sp³-hybridized carbons (Fsp3) is 0.703. The van der Waals surface area contributed by atoms with Crippen molar-refractivity contribution in [3.05, 3.63) is 34.3 Å². The number of alkyl halides is 2. The number of esters is 1. The lowest BCUT2D eigenvalue weighted by Crippen LogP contribution is -2.62. The van der Waals surface area contributed by atoms with Gasteiger partial charge in [-0.15, -0.1) is 0 Å². The summed E-state index contributed by atoms with van der Waals surface area (Å²) in [5.74, 6) is -3.16. The average molecular weight is 819 g/mol. The van der Waals surface area contributed by atoms with E-state index in [-0.39, 0.29) is 53.9 Å². The van der Waals surface area contributed by atoms with Gasteiger partial charge in [-0.2, -0.15) is 0 Å². The lowest BCUT2D eigenvalue weighted by atomic mass is 9.85. The highest BCUT2D eigenvalue weighted by Gasteiger charge is 2.70. The number of likely N-dealkylation sites (N-methyl/N-ethyl adjacent to an activating group) is 1. The van der Waals surface area contributed by atoms with Crippen LogP contribution < -0.4 is 21.3 Å². The number of likely N-dealkylation sites (tertiary alicyclic amines) is 1. The molecule has 55 heavy (non-hydrogen) atoms. The first-order valence-corrected chi connectivity index (χ1v) is 20.4. The number of halogens is 3. The van der Waals surface area contributed by atoms with Crippen LogP contribution in [0.15, 0.2) is 18.2 Å². The van der Waals surface area contributed by atoms with Crippen LogP contribution >= 0.6 is 11.6 Å². The highest BCUT2D eigenvalue weighted by atomic mass is 35.5. The maximum Gasteiger partial charge on any atom is 0.337 e. The van der Waals surface area contributed by atoms with Crippen LogP contribution in [0.2, 0.25) is 5.02 Å². The number of hydrogen-bond acceptors (Lipinski definition) is 8. The summed E-state index contributed by atoms with van der Waals surface area (Å²) in [4.78, 5) is 68.3. The molecule has 1 aromatic rings. The minimum atomic E-state index is -3.55. The van der Waals surface area contributed by atoms with Gasteiger partial charge in [-0.1, -0.05) is 73.1 Å². The van der Waals surface area contributed by atoms with Crippen LogP contribution in [-0.2, 0) is 35.6 Å². The molecule has 5 amide bonds. The number of nitrogens with one attached hydrogen (secondary N) is 4. The number of carbonyl (C=O) groups is 5. The fourth-order valence-corrected chi connectivity index (χ4v) is 7.69. The van der Waals surface area contributed by atoms with E-state index in [0.29, 0.717) is 5.56 Å². The number of amides is 5. The Morgan fingerprint density at radius 3 is 2.16 bits per heavy atom. The van der Waals surface area contributed by atoms with Gasteiger partial charge in [0.25, 0.3) is 0 Å². The molecule has 0 aromatic heterocycles. The molecule has 1 saturated heterocycles. The summed E-state index contributed by atoms with van der Waals surface area (Å²) in [6, 6.07) is -0.725. The van der Waals surface area contributed by atoms with E-state index in [4.69, 9.17) is 11.6 Å². The first-order chi connectivity index (χ1) is 25.1. The van der Waals surface area contributed by atoms with Gasteiger partial charge in [0.1, 0.15) is 18.1 Å². The molecule has 14 nitrogen and oxygen atoms in total. The molecule has 6 atom stereocenters. The maximum atomic E-state index is 14.4. The molecule has 1 aliphatic heterocycles. The van der Waals surface area contributed by atoms with Crippen LogP contribution in [0.5, 0.6) is 0 Å². The summed E-state index contributed by atoms with van der Waals surface area (Å²) >= 11 is 6.29. The molecule has 4 N–H and O–H groups in total. The van der Waals surface area contributed by atoms with Crippen LogP contribution in [0, 0.1) is 28.1 Å². The Bertz CT molecular complexity index is 1730. The zero-order valence-electron chi connectivity index (χ0n) is 33.5. The summed E-state index contributed by atoms with van der Waals surface area (Å²) in [7, 11) is -0.917. The number of urea groups is 1. The van der Waals surface area contributed by atoms with Gasteiger partial charge in [0, 0.05) is 44.2 Å². The summed E-state index contributed by atoms with van der Waals surface area (Å²) in [5.41, 5.74) is -0.975. The third kappa shape index (κ3) is 11.5. The minimum absolute atomic E-state index is 0.0148. The van der Waals surface area contributed by atoms with Gasteiger partial charge >= 0.3 is 12.0 Å². The third-order valence-corrected chi connectivity index (χ3v) is 12.4. The zero-order chi connectivity index (χ0) is 42.0. The molecule has 1 aliphatic carbocycles. The molecule has 0 radical (unpaired) electrons. The first kappa shape index (κ1) is 45.8. The van der Waals surface area contributed by atoms with E-state index in [0.717, 1.165) is 10.6 Å². The number of piperidine rings is 1. The van der Waals surface area contributed by atoms with E-state index in [2.05, 4.69) is 26.0 Å². The van der Waals surface area contributed by atoms with Crippen LogP contribution in [0.3, 0.4) is 0 Å². The van der Waals surface area contributed by atoms with Crippen molar-refractivity contribution in [1.82, 2.24) is 30.5 Å². The Balaban J connectivity index is 1.79. The summed E-state index contributed by atoms with van der Waals surface area (Å²) in [6.07, 6.45) is -2.65. The highest BCUT2D eigenvalue weighted by molar-refractivity contribution is 7.88. The number of rotatable bonds is 15. The van der Waals surface area contributed by atoms with Crippen LogP contribution in [-0.4, -0.2) is 118 Å². The third-order valence-electron chi connectivity index (χ3n) is 10.7. The van der Waals surface area contributed by atoms with Crippen molar-refractivity contribution in [2.75, 3.05) is 40.0 Å². The van der Waals surface area contributed by atoms with Gasteiger partial charge in [0.2, 0.25) is 34.2 Å².